The van der Waals surface area contributed by atoms with Crippen LogP contribution in [0.2, 0.25) is 5.02 Å². The Hall–Kier alpha value is -3.78. The molecular weight excluding hydrogens is 493 g/mol. The van der Waals surface area contributed by atoms with Crippen molar-refractivity contribution in [2.24, 2.45) is 0 Å². The fraction of sp³-hybridized carbons (Fsp3) is 0.286. The number of anilines is 2. The first-order valence-corrected chi connectivity index (χ1v) is 12.6. The minimum absolute atomic E-state index is 0.0579. The van der Waals surface area contributed by atoms with Crippen LogP contribution in [-0.4, -0.2) is 44.8 Å². The van der Waals surface area contributed by atoms with Gasteiger partial charge in [0.05, 0.1) is 16.9 Å². The zero-order valence-electron chi connectivity index (χ0n) is 20.3. The molecule has 7 nitrogen and oxygen atoms in total. The van der Waals surface area contributed by atoms with Gasteiger partial charge in [0.2, 0.25) is 11.8 Å². The molecule has 37 heavy (non-hydrogen) atoms. The first-order valence-electron chi connectivity index (χ1n) is 12.3. The van der Waals surface area contributed by atoms with E-state index in [1.807, 2.05) is 4.90 Å². The van der Waals surface area contributed by atoms with Crippen LogP contribution >= 0.6 is 11.6 Å². The van der Waals surface area contributed by atoms with Crippen molar-refractivity contribution < 1.29 is 14.0 Å². The minimum atomic E-state index is -0.260. The lowest BCUT2D eigenvalue weighted by Crippen LogP contribution is -2.49. The molecule has 2 amide bonds. The highest BCUT2D eigenvalue weighted by Gasteiger charge is 2.42. The van der Waals surface area contributed by atoms with Crippen molar-refractivity contribution in [1.29, 1.82) is 0 Å². The van der Waals surface area contributed by atoms with Gasteiger partial charge in [-0.3, -0.25) is 19.6 Å². The highest BCUT2D eigenvalue weighted by molar-refractivity contribution is 6.33. The molecule has 2 aliphatic rings. The molecule has 3 heterocycles. The molecule has 0 spiro atoms. The van der Waals surface area contributed by atoms with E-state index in [1.54, 1.807) is 55.0 Å². The van der Waals surface area contributed by atoms with Crippen LogP contribution in [-0.2, 0) is 9.59 Å². The van der Waals surface area contributed by atoms with Crippen LogP contribution in [0.3, 0.4) is 0 Å². The van der Waals surface area contributed by atoms with Crippen LogP contribution in [0.1, 0.15) is 38.2 Å². The number of nitrogens with zero attached hydrogens (tertiary/aromatic N) is 3. The van der Waals surface area contributed by atoms with Gasteiger partial charge >= 0.3 is 0 Å². The van der Waals surface area contributed by atoms with Gasteiger partial charge in [-0.1, -0.05) is 11.6 Å². The SMILES string of the molecule is CC(=O)Nc1cc(Cl)c(-c2cnccn2)cc1C=CC(=O)N1[C@@H]2CC[C@H]1CC(Nc1ccc(F)cc1)C2. The molecule has 3 aromatic rings. The molecule has 2 bridgehead atoms. The number of amides is 2. The molecule has 2 saturated heterocycles. The first kappa shape index (κ1) is 24.9. The average molecular weight is 520 g/mol. The quantitative estimate of drug-likeness (QED) is 0.417. The predicted molar refractivity (Wildman–Crippen MR) is 143 cm³/mol. The lowest BCUT2D eigenvalue weighted by atomic mass is 9.96. The van der Waals surface area contributed by atoms with Crippen LogP contribution in [0, 0.1) is 5.82 Å². The smallest absolute Gasteiger partial charge is 0.247 e. The lowest BCUT2D eigenvalue weighted by molar-refractivity contribution is -0.130. The van der Waals surface area contributed by atoms with Gasteiger partial charge in [-0.15, -0.1) is 0 Å². The minimum Gasteiger partial charge on any atom is -0.382 e. The highest BCUT2D eigenvalue weighted by Crippen LogP contribution is 2.38. The molecule has 2 N–H and O–H groups in total. The molecule has 0 aliphatic carbocycles. The summed E-state index contributed by atoms with van der Waals surface area (Å²) in [6.07, 6.45) is 11.6. The number of nitrogens with one attached hydrogen (secondary N) is 2. The van der Waals surface area contributed by atoms with Gasteiger partial charge < -0.3 is 15.5 Å². The van der Waals surface area contributed by atoms with Crippen LogP contribution < -0.4 is 10.6 Å². The number of hydrogen-bond donors (Lipinski definition) is 2. The fourth-order valence-corrected chi connectivity index (χ4v) is 5.60. The Morgan fingerprint density at radius 3 is 2.49 bits per heavy atom. The van der Waals surface area contributed by atoms with Crippen LogP contribution in [0.4, 0.5) is 15.8 Å². The van der Waals surface area contributed by atoms with Crippen LogP contribution in [0.25, 0.3) is 17.3 Å². The van der Waals surface area contributed by atoms with Crippen LogP contribution in [0.15, 0.2) is 61.1 Å². The second kappa shape index (κ2) is 10.7. The second-order valence-electron chi connectivity index (χ2n) is 9.47. The highest BCUT2D eigenvalue weighted by atomic mass is 35.5. The number of hydrogen-bond acceptors (Lipinski definition) is 5. The molecule has 2 aromatic carbocycles. The van der Waals surface area contributed by atoms with Crippen molar-refractivity contribution >= 4 is 40.9 Å². The number of fused-ring (bicyclic) bond motifs is 2. The van der Waals surface area contributed by atoms with Crippen molar-refractivity contribution in [2.45, 2.75) is 50.7 Å². The number of piperidine rings is 1. The van der Waals surface area contributed by atoms with E-state index in [0.717, 1.165) is 31.4 Å². The van der Waals surface area contributed by atoms with Gasteiger partial charge in [0.25, 0.3) is 0 Å². The van der Waals surface area contributed by atoms with Crippen molar-refractivity contribution in [3.8, 4) is 11.3 Å². The van der Waals surface area contributed by atoms with Crippen LogP contribution in [0.5, 0.6) is 0 Å². The van der Waals surface area contributed by atoms with Crippen molar-refractivity contribution in [2.75, 3.05) is 10.6 Å². The van der Waals surface area contributed by atoms with Gasteiger partial charge in [-0.05, 0) is 73.7 Å². The normalized spacial score (nSPS) is 20.7. The summed E-state index contributed by atoms with van der Waals surface area (Å²) in [5, 5.41) is 6.70. The van der Waals surface area contributed by atoms with Gasteiger partial charge in [-0.25, -0.2) is 4.39 Å². The molecule has 5 rings (SSSR count). The summed E-state index contributed by atoms with van der Waals surface area (Å²) in [4.78, 5) is 35.5. The summed E-state index contributed by atoms with van der Waals surface area (Å²) in [7, 11) is 0. The number of aromatic nitrogens is 2. The third kappa shape index (κ3) is 5.64. The summed E-state index contributed by atoms with van der Waals surface area (Å²) < 4.78 is 13.2. The van der Waals surface area contributed by atoms with Gasteiger partial charge in [-0.2, -0.15) is 0 Å². The van der Waals surface area contributed by atoms with E-state index in [-0.39, 0.29) is 35.8 Å². The number of halogens is 2. The molecule has 0 radical (unpaired) electrons. The summed E-state index contributed by atoms with van der Waals surface area (Å²) >= 11 is 6.49. The Balaban J connectivity index is 1.34. The van der Waals surface area contributed by atoms with Crippen molar-refractivity contribution in [3.63, 3.8) is 0 Å². The zero-order chi connectivity index (χ0) is 25.9. The second-order valence-corrected chi connectivity index (χ2v) is 9.88. The maximum Gasteiger partial charge on any atom is 0.247 e. The lowest BCUT2D eigenvalue weighted by Gasteiger charge is -2.39. The Morgan fingerprint density at radius 2 is 1.84 bits per heavy atom. The molecule has 9 heteroatoms. The molecule has 3 atom stereocenters. The number of carbonyl (C=O) groups is 2. The predicted octanol–water partition coefficient (Wildman–Crippen LogP) is 5.54. The molecular formula is C28H27ClFN5O2. The number of rotatable bonds is 6. The summed E-state index contributed by atoms with van der Waals surface area (Å²) in [6, 6.07) is 10.4. The Labute approximate surface area is 219 Å². The Bertz CT molecular complexity index is 1320. The third-order valence-corrected chi connectivity index (χ3v) is 7.21. The fourth-order valence-electron chi connectivity index (χ4n) is 5.34. The monoisotopic (exact) mass is 519 g/mol. The van der Waals surface area contributed by atoms with E-state index in [9.17, 15) is 14.0 Å². The van der Waals surface area contributed by atoms with E-state index in [0.29, 0.717) is 27.5 Å². The largest absolute Gasteiger partial charge is 0.382 e. The molecule has 1 aromatic heterocycles. The average Bonchev–Trinajstić information content (AvgIpc) is 3.15. The maximum atomic E-state index is 13.3. The van der Waals surface area contributed by atoms with Gasteiger partial charge in [0.1, 0.15) is 5.82 Å². The topological polar surface area (TPSA) is 87.2 Å². The molecule has 2 fully saturated rings. The third-order valence-electron chi connectivity index (χ3n) is 6.90. The standard InChI is InChI=1S/C28H27ClFN5O2/c1-17(36)33-26-15-25(29)24(27-16-31-10-11-32-27)12-18(26)2-9-28(37)35-22-7-8-23(35)14-21(13-22)34-20-5-3-19(30)4-6-20/h2-6,9-12,15-16,21-23,34H,7-8,13-14H2,1H3,(H,33,36)/t21?,22-,23+. The summed E-state index contributed by atoms with van der Waals surface area (Å²) in [5.41, 5.74) is 3.30. The van der Waals surface area contributed by atoms with E-state index in [2.05, 4.69) is 20.6 Å². The molecule has 2 aliphatic heterocycles. The van der Waals surface area contributed by atoms with E-state index < -0.39 is 0 Å². The molecule has 190 valence electrons. The number of carbonyl (C=O) groups excluding carboxylic acids is 2. The van der Waals surface area contributed by atoms with Crippen molar-refractivity contribution in [1.82, 2.24) is 14.9 Å². The summed E-state index contributed by atoms with van der Waals surface area (Å²) in [5.74, 6) is -0.556. The van der Waals surface area contributed by atoms with E-state index in [4.69, 9.17) is 11.6 Å². The van der Waals surface area contributed by atoms with Gasteiger partial charge in [0.15, 0.2) is 0 Å². The Morgan fingerprint density at radius 1 is 1.11 bits per heavy atom. The molecule has 1 unspecified atom stereocenters. The summed E-state index contributed by atoms with van der Waals surface area (Å²) in [6.45, 7) is 1.42. The van der Waals surface area contributed by atoms with E-state index >= 15 is 0 Å². The number of benzene rings is 2. The van der Waals surface area contributed by atoms with Crippen molar-refractivity contribution in [3.05, 3.63) is 77.5 Å². The zero-order valence-corrected chi connectivity index (χ0v) is 21.1. The first-order chi connectivity index (χ1) is 17.9. The Kier molecular flexibility index (Phi) is 7.19. The van der Waals surface area contributed by atoms with E-state index in [1.165, 1.54) is 19.1 Å². The molecule has 0 saturated carbocycles. The maximum absolute atomic E-state index is 13.3. The van der Waals surface area contributed by atoms with Gasteiger partial charge in [0, 0.05) is 60.5 Å².